The fraction of sp³-hybridized carbons (Fsp3) is 0.111. The quantitative estimate of drug-likeness (QED) is 0.444. The zero-order chi connectivity index (χ0) is 18.4. The molecule has 5 rings (SSSR count). The Labute approximate surface area is 161 Å². The minimum absolute atomic E-state index is 0.693. The molecule has 0 amide bonds. The fourth-order valence-corrected chi connectivity index (χ4v) is 4.55. The van der Waals surface area contributed by atoms with E-state index in [1.807, 2.05) is 48.7 Å². The van der Waals surface area contributed by atoms with Crippen LogP contribution in [0.15, 0.2) is 46.3 Å². The van der Waals surface area contributed by atoms with E-state index in [9.17, 15) is 0 Å². The van der Waals surface area contributed by atoms with Gasteiger partial charge in [0.15, 0.2) is 10.8 Å². The first-order chi connectivity index (χ1) is 13.3. The number of benzene rings is 1. The summed E-state index contributed by atoms with van der Waals surface area (Å²) in [6, 6.07) is 11.7. The van der Waals surface area contributed by atoms with Crippen molar-refractivity contribution in [1.82, 2.24) is 25.0 Å². The second-order valence-corrected chi connectivity index (χ2v) is 7.67. The van der Waals surface area contributed by atoms with Crippen LogP contribution in [0.5, 0.6) is 5.75 Å². The first kappa shape index (κ1) is 16.2. The molecule has 0 aliphatic carbocycles. The lowest BCUT2D eigenvalue weighted by Gasteiger charge is -2.06. The molecule has 0 N–H and O–H groups in total. The summed E-state index contributed by atoms with van der Waals surface area (Å²) in [5, 5.41) is 20.3. The smallest absolute Gasteiger partial charge is 0.235 e. The Morgan fingerprint density at radius 2 is 2.00 bits per heavy atom. The summed E-state index contributed by atoms with van der Waals surface area (Å²) in [6.07, 6.45) is 0. The first-order valence-electron chi connectivity index (χ1n) is 8.12. The summed E-state index contributed by atoms with van der Waals surface area (Å²) in [6.45, 7) is 1.88. The van der Waals surface area contributed by atoms with Gasteiger partial charge in [0.05, 0.1) is 17.6 Å². The molecular weight excluding hydrogens is 382 g/mol. The Kier molecular flexibility index (Phi) is 3.76. The van der Waals surface area contributed by atoms with Crippen LogP contribution in [-0.4, -0.2) is 32.1 Å². The second kappa shape index (κ2) is 6.29. The molecule has 4 heterocycles. The molecule has 9 heteroatoms. The number of fused-ring (bicyclic) bond motifs is 1. The minimum atomic E-state index is 0.693. The van der Waals surface area contributed by atoms with Crippen molar-refractivity contribution < 1.29 is 9.26 Å². The number of para-hydroxylation sites is 1. The van der Waals surface area contributed by atoms with E-state index < -0.39 is 0 Å². The van der Waals surface area contributed by atoms with Crippen molar-refractivity contribution >= 4 is 27.6 Å². The van der Waals surface area contributed by atoms with Crippen LogP contribution in [0.2, 0.25) is 0 Å². The SMILES string of the molecule is COc1ccccc1-c1noc(C)c1-c1nn2c(-c3cccs3)nnc2s1. The van der Waals surface area contributed by atoms with Gasteiger partial charge in [-0.3, -0.25) is 0 Å². The summed E-state index contributed by atoms with van der Waals surface area (Å²) >= 11 is 3.06. The molecule has 0 atom stereocenters. The molecular formula is C18H13N5O2S2. The average molecular weight is 395 g/mol. The molecule has 0 fully saturated rings. The molecule has 0 saturated carbocycles. The average Bonchev–Trinajstić information content (AvgIpc) is 3.45. The lowest BCUT2D eigenvalue weighted by molar-refractivity contribution is 0.397. The number of aryl methyl sites for hydroxylation is 1. The largest absolute Gasteiger partial charge is 0.496 e. The summed E-state index contributed by atoms with van der Waals surface area (Å²) in [5.74, 6) is 2.16. The maximum atomic E-state index is 5.50. The Morgan fingerprint density at radius 1 is 1.11 bits per heavy atom. The third-order valence-corrected chi connectivity index (χ3v) is 5.95. The number of hydrogen-bond donors (Lipinski definition) is 0. The standard InChI is InChI=1S/C18H13N5O2S2/c1-10-14(15(22-25-10)11-6-3-4-7-12(11)24-2)17-21-23-16(13-8-5-9-26-13)19-20-18(23)27-17/h3-9H,1-2H3. The molecule has 4 aromatic heterocycles. The van der Waals surface area contributed by atoms with Gasteiger partial charge in [0.2, 0.25) is 4.96 Å². The maximum absolute atomic E-state index is 5.50. The molecule has 5 aromatic rings. The van der Waals surface area contributed by atoms with E-state index in [0.29, 0.717) is 11.5 Å². The minimum Gasteiger partial charge on any atom is -0.496 e. The highest BCUT2D eigenvalue weighted by atomic mass is 32.1. The predicted molar refractivity (Wildman–Crippen MR) is 104 cm³/mol. The topological polar surface area (TPSA) is 78.3 Å². The van der Waals surface area contributed by atoms with Crippen molar-refractivity contribution in [3.63, 3.8) is 0 Å². The summed E-state index contributed by atoms with van der Waals surface area (Å²) < 4.78 is 12.8. The van der Waals surface area contributed by atoms with Crippen molar-refractivity contribution in [3.05, 3.63) is 47.5 Å². The highest BCUT2D eigenvalue weighted by molar-refractivity contribution is 7.20. The molecule has 0 spiro atoms. The van der Waals surface area contributed by atoms with E-state index >= 15 is 0 Å². The van der Waals surface area contributed by atoms with Gasteiger partial charge >= 0.3 is 0 Å². The molecule has 0 saturated heterocycles. The lowest BCUT2D eigenvalue weighted by atomic mass is 10.1. The summed E-state index contributed by atoms with van der Waals surface area (Å²) in [4.78, 5) is 1.74. The first-order valence-corrected chi connectivity index (χ1v) is 9.82. The van der Waals surface area contributed by atoms with Crippen LogP contribution in [0.4, 0.5) is 0 Å². The molecule has 1 aromatic carbocycles. The molecule has 0 bridgehead atoms. The molecule has 0 radical (unpaired) electrons. The van der Waals surface area contributed by atoms with Crippen molar-refractivity contribution in [2.24, 2.45) is 0 Å². The number of aromatic nitrogens is 5. The van der Waals surface area contributed by atoms with E-state index in [1.54, 1.807) is 23.0 Å². The van der Waals surface area contributed by atoms with Gasteiger partial charge in [-0.25, -0.2) is 0 Å². The Morgan fingerprint density at radius 3 is 2.81 bits per heavy atom. The van der Waals surface area contributed by atoms with Gasteiger partial charge in [-0.2, -0.15) is 9.61 Å². The highest BCUT2D eigenvalue weighted by Crippen LogP contribution is 2.40. The van der Waals surface area contributed by atoms with Crippen molar-refractivity contribution in [3.8, 4) is 38.3 Å². The Balaban J connectivity index is 1.69. The third kappa shape index (κ3) is 2.54. The van der Waals surface area contributed by atoms with Crippen LogP contribution < -0.4 is 4.74 Å². The highest BCUT2D eigenvalue weighted by Gasteiger charge is 2.24. The van der Waals surface area contributed by atoms with Crippen LogP contribution >= 0.6 is 22.7 Å². The third-order valence-electron chi connectivity index (χ3n) is 4.17. The van der Waals surface area contributed by atoms with E-state index in [1.165, 1.54) is 11.3 Å². The summed E-state index contributed by atoms with van der Waals surface area (Å²) in [7, 11) is 1.64. The number of methoxy groups -OCH3 is 1. The zero-order valence-electron chi connectivity index (χ0n) is 14.4. The fourth-order valence-electron chi connectivity index (χ4n) is 2.93. The Hall–Kier alpha value is -3.04. The monoisotopic (exact) mass is 395 g/mol. The van der Waals surface area contributed by atoms with Gasteiger partial charge in [-0.05, 0) is 30.5 Å². The van der Waals surface area contributed by atoms with Gasteiger partial charge in [0.1, 0.15) is 17.2 Å². The molecule has 27 heavy (non-hydrogen) atoms. The predicted octanol–water partition coefficient (Wildman–Crippen LogP) is 4.55. The van der Waals surface area contributed by atoms with Crippen molar-refractivity contribution in [2.75, 3.05) is 7.11 Å². The number of ether oxygens (including phenoxy) is 1. The van der Waals surface area contributed by atoms with E-state index in [0.717, 1.165) is 37.5 Å². The number of hydrogen-bond acceptors (Lipinski definition) is 8. The van der Waals surface area contributed by atoms with Gasteiger partial charge in [-0.1, -0.05) is 34.7 Å². The zero-order valence-corrected chi connectivity index (χ0v) is 16.0. The van der Waals surface area contributed by atoms with E-state index in [2.05, 4.69) is 15.4 Å². The van der Waals surface area contributed by atoms with Crippen molar-refractivity contribution in [2.45, 2.75) is 6.92 Å². The van der Waals surface area contributed by atoms with Gasteiger partial charge < -0.3 is 9.26 Å². The number of nitrogens with zero attached hydrogens (tertiary/aromatic N) is 5. The van der Waals surface area contributed by atoms with Crippen LogP contribution in [0.1, 0.15) is 5.76 Å². The Bertz CT molecular complexity index is 1240. The van der Waals surface area contributed by atoms with Crippen LogP contribution in [0.3, 0.4) is 0 Å². The normalized spacial score (nSPS) is 11.3. The molecule has 7 nitrogen and oxygen atoms in total. The van der Waals surface area contributed by atoms with E-state index in [4.69, 9.17) is 14.4 Å². The van der Waals surface area contributed by atoms with Crippen molar-refractivity contribution in [1.29, 1.82) is 0 Å². The second-order valence-electron chi connectivity index (χ2n) is 5.77. The molecule has 0 unspecified atom stereocenters. The van der Waals surface area contributed by atoms with Crippen LogP contribution in [0.25, 0.3) is 37.5 Å². The summed E-state index contributed by atoms with van der Waals surface area (Å²) in [5.41, 5.74) is 2.40. The van der Waals surface area contributed by atoms with Crippen LogP contribution in [-0.2, 0) is 0 Å². The maximum Gasteiger partial charge on any atom is 0.235 e. The molecule has 0 aliphatic heterocycles. The van der Waals surface area contributed by atoms with E-state index in [-0.39, 0.29) is 0 Å². The number of thiophene rings is 1. The van der Waals surface area contributed by atoms with Crippen LogP contribution in [0, 0.1) is 6.92 Å². The van der Waals surface area contributed by atoms with Gasteiger partial charge in [-0.15, -0.1) is 21.5 Å². The number of rotatable bonds is 4. The molecule has 0 aliphatic rings. The lowest BCUT2D eigenvalue weighted by Crippen LogP contribution is -1.92. The van der Waals surface area contributed by atoms with Gasteiger partial charge in [0, 0.05) is 5.56 Å². The van der Waals surface area contributed by atoms with Gasteiger partial charge in [0.25, 0.3) is 0 Å². The molecule has 134 valence electrons.